The molecular formula is C21H20FN3O4. The summed E-state index contributed by atoms with van der Waals surface area (Å²) in [4.78, 5) is 27.8. The first-order valence-corrected chi connectivity index (χ1v) is 9.45. The lowest BCUT2D eigenvalue weighted by atomic mass is 10.00. The Bertz CT molecular complexity index is 1030. The highest BCUT2D eigenvalue weighted by atomic mass is 19.1. The van der Waals surface area contributed by atoms with Gasteiger partial charge in [0.2, 0.25) is 11.7 Å². The number of H-pyrrole nitrogens is 1. The van der Waals surface area contributed by atoms with Crippen LogP contribution < -0.4 is 10.1 Å². The number of rotatable bonds is 5. The van der Waals surface area contributed by atoms with E-state index in [2.05, 4.69) is 15.5 Å². The van der Waals surface area contributed by atoms with Crippen molar-refractivity contribution in [2.24, 2.45) is 0 Å². The number of carbonyl (C=O) groups excluding carboxylic acids is 2. The monoisotopic (exact) mass is 397 g/mol. The highest BCUT2D eigenvalue weighted by Gasteiger charge is 2.24. The number of ether oxygens (including phenoxy) is 1. The topological polar surface area (TPSA) is 97.2 Å². The summed E-state index contributed by atoms with van der Waals surface area (Å²) < 4.78 is 23.6. The fraction of sp³-hybridized carbons (Fsp3) is 0.286. The maximum Gasteiger partial charge on any atom is 0.414 e. The van der Waals surface area contributed by atoms with E-state index in [1.54, 1.807) is 6.92 Å². The standard InChI is InChI=1S/C21H20FN3O4/c1-12-18(19(25-29-12)13-6-8-15(22)9-7-13)20(26)14-10-17(23-11-14)28-21(27)24-16-4-2-3-5-16/h6-11,16,23H,2-5H2,1H3,(H,24,27). The molecule has 0 saturated heterocycles. The zero-order valence-electron chi connectivity index (χ0n) is 15.8. The van der Waals surface area contributed by atoms with Crippen molar-refractivity contribution in [2.75, 3.05) is 0 Å². The van der Waals surface area contributed by atoms with Gasteiger partial charge in [-0.15, -0.1) is 0 Å². The first-order valence-electron chi connectivity index (χ1n) is 9.45. The van der Waals surface area contributed by atoms with Crippen LogP contribution in [0, 0.1) is 12.7 Å². The van der Waals surface area contributed by atoms with Crippen LogP contribution in [-0.4, -0.2) is 28.1 Å². The van der Waals surface area contributed by atoms with Crippen LogP contribution in [-0.2, 0) is 0 Å². The van der Waals surface area contributed by atoms with E-state index < -0.39 is 6.09 Å². The van der Waals surface area contributed by atoms with Crippen molar-refractivity contribution < 1.29 is 23.2 Å². The van der Waals surface area contributed by atoms with Gasteiger partial charge in [0, 0.05) is 29.4 Å². The summed E-state index contributed by atoms with van der Waals surface area (Å²) in [7, 11) is 0. The van der Waals surface area contributed by atoms with Crippen LogP contribution in [0.1, 0.15) is 47.4 Å². The zero-order chi connectivity index (χ0) is 20.4. The molecule has 150 valence electrons. The van der Waals surface area contributed by atoms with Crippen LogP contribution in [0.15, 0.2) is 41.1 Å². The van der Waals surface area contributed by atoms with Gasteiger partial charge in [-0.05, 0) is 44.0 Å². The fourth-order valence-electron chi connectivity index (χ4n) is 3.52. The normalized spacial score (nSPS) is 14.1. The summed E-state index contributed by atoms with van der Waals surface area (Å²) in [5.74, 6) is -0.214. The molecule has 0 spiro atoms. The number of nitrogens with one attached hydrogen (secondary N) is 2. The van der Waals surface area contributed by atoms with E-state index in [0.717, 1.165) is 25.7 Å². The molecule has 1 aromatic carbocycles. The van der Waals surface area contributed by atoms with Crippen molar-refractivity contribution in [2.45, 2.75) is 38.6 Å². The number of benzene rings is 1. The van der Waals surface area contributed by atoms with E-state index in [1.165, 1.54) is 36.5 Å². The molecule has 0 unspecified atom stereocenters. The van der Waals surface area contributed by atoms with Gasteiger partial charge >= 0.3 is 6.09 Å². The Labute approximate surface area is 166 Å². The molecule has 2 aromatic heterocycles. The van der Waals surface area contributed by atoms with Crippen molar-refractivity contribution in [1.29, 1.82) is 0 Å². The molecule has 3 aromatic rings. The predicted molar refractivity (Wildman–Crippen MR) is 102 cm³/mol. The molecule has 0 aliphatic heterocycles. The molecule has 1 fully saturated rings. The van der Waals surface area contributed by atoms with Crippen LogP contribution in [0.25, 0.3) is 11.3 Å². The SMILES string of the molecule is Cc1onc(-c2ccc(F)cc2)c1C(=O)c1c[nH]c(OC(=O)NC2CCCC2)c1. The maximum atomic E-state index is 13.2. The third-order valence-corrected chi connectivity index (χ3v) is 5.01. The third kappa shape index (κ3) is 4.06. The minimum absolute atomic E-state index is 0.136. The molecule has 0 radical (unpaired) electrons. The average Bonchev–Trinajstić information content (AvgIpc) is 3.44. The zero-order valence-corrected chi connectivity index (χ0v) is 15.8. The van der Waals surface area contributed by atoms with E-state index in [0.29, 0.717) is 22.6 Å². The van der Waals surface area contributed by atoms with Crippen LogP contribution >= 0.6 is 0 Å². The number of amides is 1. The van der Waals surface area contributed by atoms with Crippen LogP contribution in [0.5, 0.6) is 5.88 Å². The molecule has 0 bridgehead atoms. The van der Waals surface area contributed by atoms with Crippen molar-refractivity contribution in [3.63, 3.8) is 0 Å². The van der Waals surface area contributed by atoms with Crippen LogP contribution in [0.3, 0.4) is 0 Å². The Morgan fingerprint density at radius 3 is 2.69 bits per heavy atom. The summed E-state index contributed by atoms with van der Waals surface area (Å²) in [5.41, 5.74) is 1.46. The number of aromatic amines is 1. The lowest BCUT2D eigenvalue weighted by Crippen LogP contribution is -2.34. The summed E-state index contributed by atoms with van der Waals surface area (Å²) in [6, 6.07) is 7.23. The maximum absolute atomic E-state index is 13.2. The van der Waals surface area contributed by atoms with Crippen molar-refractivity contribution in [1.82, 2.24) is 15.5 Å². The molecule has 1 aliphatic carbocycles. The average molecular weight is 397 g/mol. The minimum atomic E-state index is -0.550. The van der Waals surface area contributed by atoms with Gasteiger partial charge in [0.25, 0.3) is 0 Å². The highest BCUT2D eigenvalue weighted by molar-refractivity contribution is 6.13. The van der Waals surface area contributed by atoms with E-state index in [9.17, 15) is 14.0 Å². The Kier molecular flexibility index (Phi) is 5.16. The molecule has 29 heavy (non-hydrogen) atoms. The molecular weight excluding hydrogens is 377 g/mol. The first-order chi connectivity index (χ1) is 14.0. The molecule has 0 atom stereocenters. The van der Waals surface area contributed by atoms with E-state index >= 15 is 0 Å². The van der Waals surface area contributed by atoms with Gasteiger partial charge in [-0.1, -0.05) is 18.0 Å². The van der Waals surface area contributed by atoms with Gasteiger partial charge in [0.15, 0.2) is 0 Å². The number of hydrogen-bond acceptors (Lipinski definition) is 5. The summed E-state index contributed by atoms with van der Waals surface area (Å²) in [6.45, 7) is 1.63. The lowest BCUT2D eigenvalue weighted by molar-refractivity contribution is 0.103. The Hall–Kier alpha value is -3.42. The van der Waals surface area contributed by atoms with Crippen molar-refractivity contribution in [3.05, 3.63) is 59.2 Å². The molecule has 8 heteroatoms. The lowest BCUT2D eigenvalue weighted by Gasteiger charge is -2.10. The van der Waals surface area contributed by atoms with Crippen LogP contribution in [0.4, 0.5) is 9.18 Å². The molecule has 1 amide bonds. The summed E-state index contributed by atoms with van der Waals surface area (Å²) in [5, 5.41) is 6.77. The largest absolute Gasteiger partial charge is 0.414 e. The smallest absolute Gasteiger partial charge is 0.393 e. The van der Waals surface area contributed by atoms with Gasteiger partial charge in [0.05, 0.1) is 5.56 Å². The molecule has 7 nitrogen and oxygen atoms in total. The van der Waals surface area contributed by atoms with Gasteiger partial charge in [-0.2, -0.15) is 0 Å². The van der Waals surface area contributed by atoms with E-state index in [1.807, 2.05) is 0 Å². The molecule has 1 aliphatic rings. The molecule has 4 rings (SSSR count). The number of hydrogen-bond donors (Lipinski definition) is 2. The Morgan fingerprint density at radius 2 is 1.97 bits per heavy atom. The number of aromatic nitrogens is 2. The second-order valence-electron chi connectivity index (χ2n) is 7.07. The summed E-state index contributed by atoms with van der Waals surface area (Å²) >= 11 is 0. The predicted octanol–water partition coefficient (Wildman–Crippen LogP) is 4.38. The quantitative estimate of drug-likeness (QED) is 0.623. The first kappa shape index (κ1) is 18.9. The Morgan fingerprint density at radius 1 is 1.24 bits per heavy atom. The number of aryl methyl sites for hydroxylation is 1. The Balaban J connectivity index is 1.51. The van der Waals surface area contributed by atoms with Crippen molar-refractivity contribution >= 4 is 11.9 Å². The minimum Gasteiger partial charge on any atom is -0.393 e. The van der Waals surface area contributed by atoms with Gasteiger partial charge < -0.3 is 19.6 Å². The van der Waals surface area contributed by atoms with Gasteiger partial charge in [-0.3, -0.25) is 4.79 Å². The highest BCUT2D eigenvalue weighted by Crippen LogP contribution is 2.28. The number of nitrogens with zero attached hydrogens (tertiary/aromatic N) is 1. The number of carbonyl (C=O) groups is 2. The second-order valence-corrected chi connectivity index (χ2v) is 7.07. The number of halogens is 1. The van der Waals surface area contributed by atoms with E-state index in [4.69, 9.17) is 9.26 Å². The summed E-state index contributed by atoms with van der Waals surface area (Å²) in [6.07, 6.45) is 5.00. The fourth-order valence-corrected chi connectivity index (χ4v) is 3.52. The third-order valence-electron chi connectivity index (χ3n) is 5.01. The molecule has 2 heterocycles. The van der Waals surface area contributed by atoms with Crippen molar-refractivity contribution in [3.8, 4) is 17.1 Å². The molecule has 1 saturated carbocycles. The number of ketones is 1. The molecule has 2 N–H and O–H groups in total. The van der Waals surface area contributed by atoms with Gasteiger partial charge in [-0.25, -0.2) is 9.18 Å². The van der Waals surface area contributed by atoms with Gasteiger partial charge in [0.1, 0.15) is 17.3 Å². The van der Waals surface area contributed by atoms with Crippen LogP contribution in [0.2, 0.25) is 0 Å². The van der Waals surface area contributed by atoms with E-state index in [-0.39, 0.29) is 29.1 Å². The second kappa shape index (κ2) is 7.90.